The van der Waals surface area contributed by atoms with Crippen molar-refractivity contribution in [3.8, 4) is 5.75 Å². The molecule has 0 atom stereocenters. The number of nitrogens with one attached hydrogen (secondary N) is 2. The first-order valence-corrected chi connectivity index (χ1v) is 7.93. The van der Waals surface area contributed by atoms with Crippen molar-refractivity contribution in [3.63, 3.8) is 0 Å². The number of hydrogen-bond acceptors (Lipinski definition) is 5. The number of amides is 1. The molecule has 0 saturated heterocycles. The number of halogens is 1. The van der Waals surface area contributed by atoms with E-state index >= 15 is 0 Å². The summed E-state index contributed by atoms with van der Waals surface area (Å²) in [6.45, 7) is 1.67. The number of anilines is 2. The first-order valence-electron chi connectivity index (χ1n) is 7.56. The maximum absolute atomic E-state index is 11.9. The van der Waals surface area contributed by atoms with E-state index < -0.39 is 0 Å². The van der Waals surface area contributed by atoms with Crippen molar-refractivity contribution in [3.05, 3.63) is 47.6 Å². The minimum Gasteiger partial charge on any atom is -0.484 e. The lowest BCUT2D eigenvalue weighted by Crippen LogP contribution is -2.21. The Balaban J connectivity index is 1.76. The van der Waals surface area contributed by atoms with E-state index in [0.717, 1.165) is 18.8 Å². The molecule has 0 saturated carbocycles. The molecule has 1 amide bonds. The molecule has 24 heavy (non-hydrogen) atoms. The Morgan fingerprint density at radius 2 is 1.96 bits per heavy atom. The van der Waals surface area contributed by atoms with Gasteiger partial charge in [-0.2, -0.15) is 0 Å². The fourth-order valence-electron chi connectivity index (χ4n) is 1.85. The lowest BCUT2D eigenvalue weighted by Gasteiger charge is -2.11. The SMILES string of the molecule is CN(C)CCNc1ccc(NC(=O)COc2ccc(Cl)cc2)nc1. The molecule has 0 bridgehead atoms. The van der Waals surface area contributed by atoms with Gasteiger partial charge in [0.2, 0.25) is 0 Å². The van der Waals surface area contributed by atoms with E-state index in [1.165, 1.54) is 0 Å². The second kappa shape index (κ2) is 9.10. The van der Waals surface area contributed by atoms with Crippen LogP contribution in [-0.4, -0.2) is 49.6 Å². The molecular formula is C17H21ClN4O2. The Bertz CT molecular complexity index is 645. The standard InChI is InChI=1S/C17H21ClN4O2/c1-22(2)10-9-19-14-5-8-16(20-11-14)21-17(23)12-24-15-6-3-13(18)4-7-15/h3-8,11,19H,9-10,12H2,1-2H3,(H,20,21,23). The van der Waals surface area contributed by atoms with Gasteiger partial charge in [0.25, 0.3) is 5.91 Å². The maximum Gasteiger partial charge on any atom is 0.263 e. The van der Waals surface area contributed by atoms with Gasteiger partial charge in [0, 0.05) is 18.1 Å². The molecule has 7 heteroatoms. The van der Waals surface area contributed by atoms with Crippen molar-refractivity contribution >= 4 is 29.0 Å². The molecular weight excluding hydrogens is 328 g/mol. The number of carbonyl (C=O) groups excluding carboxylic acids is 1. The predicted octanol–water partition coefficient (Wildman–Crippen LogP) is 2.73. The first kappa shape index (κ1) is 18.0. The Morgan fingerprint density at radius 1 is 1.21 bits per heavy atom. The summed E-state index contributed by atoms with van der Waals surface area (Å²) >= 11 is 5.79. The maximum atomic E-state index is 11.9. The molecule has 0 radical (unpaired) electrons. The Morgan fingerprint density at radius 3 is 2.58 bits per heavy atom. The van der Waals surface area contributed by atoms with Gasteiger partial charge in [0.15, 0.2) is 6.61 Å². The van der Waals surface area contributed by atoms with Gasteiger partial charge < -0.3 is 20.3 Å². The van der Waals surface area contributed by atoms with Crippen LogP contribution in [0.2, 0.25) is 5.02 Å². The van der Waals surface area contributed by atoms with Crippen LogP contribution in [0.3, 0.4) is 0 Å². The molecule has 1 aromatic carbocycles. The Hall–Kier alpha value is -2.31. The third kappa shape index (κ3) is 6.44. The van der Waals surface area contributed by atoms with Gasteiger partial charge in [-0.05, 0) is 50.5 Å². The monoisotopic (exact) mass is 348 g/mol. The van der Waals surface area contributed by atoms with Crippen molar-refractivity contribution in [2.45, 2.75) is 0 Å². The fraction of sp³-hybridized carbons (Fsp3) is 0.294. The van der Waals surface area contributed by atoms with Gasteiger partial charge in [0.1, 0.15) is 11.6 Å². The molecule has 0 fully saturated rings. The van der Waals surface area contributed by atoms with E-state index in [0.29, 0.717) is 16.6 Å². The van der Waals surface area contributed by atoms with Crippen LogP contribution in [0.5, 0.6) is 5.75 Å². The smallest absolute Gasteiger partial charge is 0.263 e. The number of ether oxygens (including phenoxy) is 1. The molecule has 0 aliphatic rings. The van der Waals surface area contributed by atoms with Crippen LogP contribution in [0.25, 0.3) is 0 Å². The van der Waals surface area contributed by atoms with E-state index in [-0.39, 0.29) is 12.5 Å². The van der Waals surface area contributed by atoms with Gasteiger partial charge in [-0.3, -0.25) is 4.79 Å². The number of aromatic nitrogens is 1. The zero-order valence-electron chi connectivity index (χ0n) is 13.8. The molecule has 0 unspecified atom stereocenters. The van der Waals surface area contributed by atoms with Crippen LogP contribution in [0.4, 0.5) is 11.5 Å². The summed E-state index contributed by atoms with van der Waals surface area (Å²) in [7, 11) is 4.04. The molecule has 0 spiro atoms. The average molecular weight is 349 g/mol. The minimum absolute atomic E-state index is 0.0911. The number of benzene rings is 1. The predicted molar refractivity (Wildman–Crippen MR) is 96.9 cm³/mol. The van der Waals surface area contributed by atoms with Crippen LogP contribution in [0, 0.1) is 0 Å². The summed E-state index contributed by atoms with van der Waals surface area (Å²) in [6.07, 6.45) is 1.69. The van der Waals surface area contributed by atoms with Crippen LogP contribution < -0.4 is 15.4 Å². The summed E-state index contributed by atoms with van der Waals surface area (Å²) in [5.41, 5.74) is 0.910. The van der Waals surface area contributed by atoms with E-state index in [1.54, 1.807) is 36.5 Å². The first-order chi connectivity index (χ1) is 11.5. The Kier molecular flexibility index (Phi) is 6.84. The third-order valence-electron chi connectivity index (χ3n) is 3.10. The Labute approximate surface area is 146 Å². The average Bonchev–Trinajstić information content (AvgIpc) is 2.56. The number of nitrogens with zero attached hydrogens (tertiary/aromatic N) is 2. The second-order valence-corrected chi connectivity index (χ2v) is 5.89. The van der Waals surface area contributed by atoms with E-state index in [2.05, 4.69) is 20.5 Å². The molecule has 1 aromatic heterocycles. The summed E-state index contributed by atoms with van der Waals surface area (Å²) in [5, 5.41) is 6.56. The highest BCUT2D eigenvalue weighted by atomic mass is 35.5. The van der Waals surface area contributed by atoms with Gasteiger partial charge in [-0.1, -0.05) is 11.6 Å². The molecule has 6 nitrogen and oxygen atoms in total. The summed E-state index contributed by atoms with van der Waals surface area (Å²) in [4.78, 5) is 18.2. The van der Waals surface area contributed by atoms with E-state index in [1.807, 2.05) is 20.2 Å². The molecule has 0 aliphatic heterocycles. The minimum atomic E-state index is -0.272. The van der Waals surface area contributed by atoms with Crippen molar-refractivity contribution < 1.29 is 9.53 Å². The zero-order valence-corrected chi connectivity index (χ0v) is 14.5. The lowest BCUT2D eigenvalue weighted by molar-refractivity contribution is -0.118. The molecule has 2 rings (SSSR count). The lowest BCUT2D eigenvalue weighted by atomic mass is 10.3. The van der Waals surface area contributed by atoms with Crippen molar-refractivity contribution in [1.82, 2.24) is 9.88 Å². The summed E-state index contributed by atoms with van der Waals surface area (Å²) in [5.74, 6) is 0.798. The second-order valence-electron chi connectivity index (χ2n) is 5.45. The van der Waals surface area contributed by atoms with Gasteiger partial charge in [0.05, 0.1) is 11.9 Å². The number of likely N-dealkylation sites (N-methyl/N-ethyl adjacent to an activating group) is 1. The summed E-state index contributed by atoms with van der Waals surface area (Å²) < 4.78 is 5.38. The van der Waals surface area contributed by atoms with Crippen LogP contribution in [-0.2, 0) is 4.79 Å². The number of rotatable bonds is 8. The van der Waals surface area contributed by atoms with Crippen LogP contribution in [0.15, 0.2) is 42.6 Å². The normalized spacial score (nSPS) is 10.5. The van der Waals surface area contributed by atoms with E-state index in [9.17, 15) is 4.79 Å². The largest absolute Gasteiger partial charge is 0.484 e. The van der Waals surface area contributed by atoms with Crippen LogP contribution >= 0.6 is 11.6 Å². The molecule has 1 heterocycles. The number of carbonyl (C=O) groups is 1. The van der Waals surface area contributed by atoms with Gasteiger partial charge in [-0.15, -0.1) is 0 Å². The molecule has 2 aromatic rings. The van der Waals surface area contributed by atoms with Crippen molar-refractivity contribution in [2.75, 3.05) is 44.4 Å². The highest BCUT2D eigenvalue weighted by Gasteiger charge is 2.05. The van der Waals surface area contributed by atoms with Crippen molar-refractivity contribution in [2.24, 2.45) is 0 Å². The zero-order chi connectivity index (χ0) is 17.4. The van der Waals surface area contributed by atoms with Crippen molar-refractivity contribution in [1.29, 1.82) is 0 Å². The number of pyridine rings is 1. The topological polar surface area (TPSA) is 66.5 Å². The summed E-state index contributed by atoms with van der Waals surface area (Å²) in [6, 6.07) is 10.5. The molecule has 128 valence electrons. The molecule has 2 N–H and O–H groups in total. The quantitative estimate of drug-likeness (QED) is 0.767. The van der Waals surface area contributed by atoms with Gasteiger partial charge in [-0.25, -0.2) is 4.98 Å². The fourth-order valence-corrected chi connectivity index (χ4v) is 1.98. The highest BCUT2D eigenvalue weighted by molar-refractivity contribution is 6.30. The number of hydrogen-bond donors (Lipinski definition) is 2. The third-order valence-corrected chi connectivity index (χ3v) is 3.35. The van der Waals surface area contributed by atoms with Gasteiger partial charge >= 0.3 is 0 Å². The molecule has 0 aliphatic carbocycles. The van der Waals surface area contributed by atoms with E-state index in [4.69, 9.17) is 16.3 Å². The van der Waals surface area contributed by atoms with Crippen LogP contribution in [0.1, 0.15) is 0 Å². The highest BCUT2D eigenvalue weighted by Crippen LogP contribution is 2.15.